The maximum Gasteiger partial charge on any atom is 0.252 e. The molecule has 4 rings (SSSR count). The first-order valence-electron chi connectivity index (χ1n) is 8.14. The lowest BCUT2D eigenvalue weighted by Crippen LogP contribution is -2.15. The van der Waals surface area contributed by atoms with Crippen LogP contribution in [-0.2, 0) is 11.2 Å². The quantitative estimate of drug-likeness (QED) is 0.581. The lowest BCUT2D eigenvalue weighted by molar-refractivity contribution is -0.115. The summed E-state index contributed by atoms with van der Waals surface area (Å²) in [6, 6.07) is 19.2. The van der Waals surface area contributed by atoms with Gasteiger partial charge in [-0.1, -0.05) is 18.2 Å². The maximum atomic E-state index is 12.2. The summed E-state index contributed by atoms with van der Waals surface area (Å²) in [5.74, 6) is 0.736. The van der Waals surface area contributed by atoms with Crippen LogP contribution in [0.25, 0.3) is 5.78 Å². The summed E-state index contributed by atoms with van der Waals surface area (Å²) in [7, 11) is 0. The largest absolute Gasteiger partial charge is 0.356 e. The second-order valence-corrected chi connectivity index (χ2v) is 5.69. The van der Waals surface area contributed by atoms with E-state index in [2.05, 4.69) is 25.7 Å². The molecule has 0 spiro atoms. The van der Waals surface area contributed by atoms with Crippen LogP contribution in [0.2, 0.25) is 0 Å². The Labute approximate surface area is 149 Å². The third-order valence-electron chi connectivity index (χ3n) is 3.71. The molecule has 26 heavy (non-hydrogen) atoms. The van der Waals surface area contributed by atoms with E-state index in [0.717, 1.165) is 17.1 Å². The van der Waals surface area contributed by atoms with Crippen molar-refractivity contribution in [3.05, 3.63) is 78.9 Å². The molecule has 128 valence electrons. The SMILES string of the molecule is O=C(Cc1nc2ncccn2n1)Nc1ccc(Nc2ccccc2)cc1. The molecule has 7 heteroatoms. The van der Waals surface area contributed by atoms with Crippen LogP contribution >= 0.6 is 0 Å². The number of benzene rings is 2. The van der Waals surface area contributed by atoms with E-state index in [9.17, 15) is 4.79 Å². The van der Waals surface area contributed by atoms with Crippen molar-refractivity contribution in [3.63, 3.8) is 0 Å². The van der Waals surface area contributed by atoms with E-state index in [0.29, 0.717) is 11.6 Å². The van der Waals surface area contributed by atoms with Gasteiger partial charge in [0.1, 0.15) is 0 Å². The summed E-state index contributed by atoms with van der Waals surface area (Å²) in [4.78, 5) is 20.5. The minimum Gasteiger partial charge on any atom is -0.356 e. The molecule has 0 saturated carbocycles. The second-order valence-electron chi connectivity index (χ2n) is 5.69. The van der Waals surface area contributed by atoms with Crippen molar-refractivity contribution in [2.75, 3.05) is 10.6 Å². The molecule has 0 aliphatic heterocycles. The van der Waals surface area contributed by atoms with E-state index in [4.69, 9.17) is 0 Å². The summed E-state index contributed by atoms with van der Waals surface area (Å²) < 4.78 is 1.55. The van der Waals surface area contributed by atoms with Gasteiger partial charge in [-0.25, -0.2) is 9.50 Å². The molecule has 0 atom stereocenters. The van der Waals surface area contributed by atoms with Crippen molar-refractivity contribution in [2.24, 2.45) is 0 Å². The summed E-state index contributed by atoms with van der Waals surface area (Å²) >= 11 is 0. The van der Waals surface area contributed by atoms with E-state index in [1.807, 2.05) is 54.6 Å². The number of nitrogens with zero attached hydrogens (tertiary/aromatic N) is 4. The number of rotatable bonds is 5. The highest BCUT2D eigenvalue weighted by Gasteiger charge is 2.10. The Morgan fingerprint density at radius 3 is 2.42 bits per heavy atom. The van der Waals surface area contributed by atoms with Crippen LogP contribution in [0.3, 0.4) is 0 Å². The van der Waals surface area contributed by atoms with Gasteiger partial charge in [0, 0.05) is 29.5 Å². The fourth-order valence-electron chi connectivity index (χ4n) is 2.52. The first-order valence-corrected chi connectivity index (χ1v) is 8.14. The van der Waals surface area contributed by atoms with Gasteiger partial charge in [-0.2, -0.15) is 4.98 Å². The van der Waals surface area contributed by atoms with Crippen molar-refractivity contribution >= 4 is 28.7 Å². The van der Waals surface area contributed by atoms with Crippen molar-refractivity contribution < 1.29 is 4.79 Å². The smallest absolute Gasteiger partial charge is 0.252 e. The zero-order valence-corrected chi connectivity index (χ0v) is 13.8. The molecule has 0 aliphatic carbocycles. The fraction of sp³-hybridized carbons (Fsp3) is 0.0526. The molecule has 7 nitrogen and oxygen atoms in total. The van der Waals surface area contributed by atoms with Crippen LogP contribution in [0.1, 0.15) is 5.82 Å². The molecule has 2 aromatic carbocycles. The number of anilines is 3. The molecule has 0 bridgehead atoms. The zero-order valence-electron chi connectivity index (χ0n) is 13.8. The number of nitrogens with one attached hydrogen (secondary N) is 2. The van der Waals surface area contributed by atoms with E-state index >= 15 is 0 Å². The zero-order chi connectivity index (χ0) is 17.8. The van der Waals surface area contributed by atoms with Crippen molar-refractivity contribution in [1.29, 1.82) is 0 Å². The Bertz CT molecular complexity index is 994. The van der Waals surface area contributed by atoms with E-state index in [1.165, 1.54) is 0 Å². The Hall–Kier alpha value is -3.74. The highest BCUT2D eigenvalue weighted by Crippen LogP contribution is 2.18. The van der Waals surface area contributed by atoms with Crippen LogP contribution in [0.4, 0.5) is 17.1 Å². The number of carbonyl (C=O) groups is 1. The highest BCUT2D eigenvalue weighted by atomic mass is 16.1. The van der Waals surface area contributed by atoms with E-state index < -0.39 is 0 Å². The van der Waals surface area contributed by atoms with Gasteiger partial charge in [0.2, 0.25) is 5.91 Å². The lowest BCUT2D eigenvalue weighted by atomic mass is 10.2. The molecule has 4 aromatic rings. The van der Waals surface area contributed by atoms with E-state index in [-0.39, 0.29) is 12.3 Å². The average Bonchev–Trinajstić information content (AvgIpc) is 3.06. The third kappa shape index (κ3) is 3.67. The predicted octanol–water partition coefficient (Wildman–Crippen LogP) is 3.05. The molecule has 0 fully saturated rings. The van der Waals surface area contributed by atoms with Crippen molar-refractivity contribution in [3.8, 4) is 0 Å². The number of carbonyl (C=O) groups excluding carboxylic acids is 1. The lowest BCUT2D eigenvalue weighted by Gasteiger charge is -2.08. The summed E-state index contributed by atoms with van der Waals surface area (Å²) in [6.45, 7) is 0. The van der Waals surface area contributed by atoms with Crippen molar-refractivity contribution in [2.45, 2.75) is 6.42 Å². The predicted molar refractivity (Wildman–Crippen MR) is 99.3 cm³/mol. The molecule has 1 amide bonds. The minimum atomic E-state index is -0.176. The van der Waals surface area contributed by atoms with Gasteiger partial charge in [-0.3, -0.25) is 4.79 Å². The molecule has 2 aromatic heterocycles. The Balaban J connectivity index is 1.38. The third-order valence-corrected chi connectivity index (χ3v) is 3.71. The summed E-state index contributed by atoms with van der Waals surface area (Å²) in [5.41, 5.74) is 2.67. The van der Waals surface area contributed by atoms with Gasteiger partial charge in [0.05, 0.1) is 6.42 Å². The van der Waals surface area contributed by atoms with Gasteiger partial charge in [0.15, 0.2) is 5.82 Å². The first-order chi connectivity index (χ1) is 12.8. The standard InChI is InChI=1S/C19H16N6O/c26-18(13-17-23-19-20-11-4-12-25(19)24-17)22-16-9-7-15(8-10-16)21-14-5-2-1-3-6-14/h1-12,21H,13H2,(H,22,26). The molecule has 0 saturated heterocycles. The Morgan fingerprint density at radius 1 is 0.923 bits per heavy atom. The van der Waals surface area contributed by atoms with Gasteiger partial charge in [0.25, 0.3) is 5.78 Å². The average molecular weight is 344 g/mol. The number of fused-ring (bicyclic) bond motifs is 1. The van der Waals surface area contributed by atoms with Crippen LogP contribution in [0.5, 0.6) is 0 Å². The van der Waals surface area contributed by atoms with Gasteiger partial charge < -0.3 is 10.6 Å². The maximum absolute atomic E-state index is 12.2. The monoisotopic (exact) mass is 344 g/mol. The number of para-hydroxylation sites is 1. The Morgan fingerprint density at radius 2 is 1.65 bits per heavy atom. The van der Waals surface area contributed by atoms with Gasteiger partial charge in [-0.05, 0) is 42.5 Å². The summed E-state index contributed by atoms with van der Waals surface area (Å²) in [5, 5.41) is 10.4. The number of aromatic nitrogens is 4. The summed E-state index contributed by atoms with van der Waals surface area (Å²) in [6.07, 6.45) is 3.47. The van der Waals surface area contributed by atoms with Crippen LogP contribution in [0, 0.1) is 0 Å². The fourth-order valence-corrected chi connectivity index (χ4v) is 2.52. The van der Waals surface area contributed by atoms with Crippen LogP contribution in [0.15, 0.2) is 73.1 Å². The normalized spacial score (nSPS) is 10.6. The van der Waals surface area contributed by atoms with Crippen LogP contribution in [-0.4, -0.2) is 25.5 Å². The molecule has 0 unspecified atom stereocenters. The van der Waals surface area contributed by atoms with E-state index in [1.54, 1.807) is 23.0 Å². The minimum absolute atomic E-state index is 0.0907. The molecule has 2 N–H and O–H groups in total. The first kappa shape index (κ1) is 15.8. The molecular formula is C19H16N6O. The molecule has 0 aliphatic rings. The molecular weight excluding hydrogens is 328 g/mol. The van der Waals surface area contributed by atoms with Gasteiger partial charge >= 0.3 is 0 Å². The number of amides is 1. The van der Waals surface area contributed by atoms with Crippen LogP contribution < -0.4 is 10.6 Å². The Kier molecular flexibility index (Phi) is 4.26. The molecule has 0 radical (unpaired) electrons. The molecule has 2 heterocycles. The number of hydrogen-bond donors (Lipinski definition) is 2. The highest BCUT2D eigenvalue weighted by molar-refractivity contribution is 5.92. The number of hydrogen-bond acceptors (Lipinski definition) is 5. The van der Waals surface area contributed by atoms with Gasteiger partial charge in [-0.15, -0.1) is 5.10 Å². The second kappa shape index (κ2) is 7.02. The van der Waals surface area contributed by atoms with Crippen molar-refractivity contribution in [1.82, 2.24) is 19.6 Å². The topological polar surface area (TPSA) is 84.2 Å².